The fraction of sp³-hybridized carbons (Fsp3) is 0.118. The van der Waals surface area contributed by atoms with Gasteiger partial charge < -0.3 is 4.79 Å². The molecule has 0 aliphatic carbocycles. The molecule has 0 atom stereocenters. The predicted molar refractivity (Wildman–Crippen MR) is 74.5 cm³/mol. The van der Waals surface area contributed by atoms with Gasteiger partial charge in [0.1, 0.15) is 6.29 Å². The Balaban J connectivity index is 2.32. The van der Waals surface area contributed by atoms with Gasteiger partial charge in [0, 0.05) is 12.3 Å². The molecule has 0 heterocycles. The largest absolute Gasteiger partial charge is 0.303 e. The van der Waals surface area contributed by atoms with Crippen molar-refractivity contribution in [3.05, 3.63) is 83.9 Å². The fourth-order valence-electron chi connectivity index (χ4n) is 2.01. The average Bonchev–Trinajstić information content (AvgIpc) is 2.46. The second-order valence-corrected chi connectivity index (χ2v) is 4.13. The molecule has 0 bridgehead atoms. The van der Waals surface area contributed by atoms with E-state index in [1.807, 2.05) is 42.5 Å². The molecule has 0 N–H and O–H groups in total. The smallest absolute Gasteiger partial charge is 0.123 e. The second kappa shape index (κ2) is 6.55. The van der Waals surface area contributed by atoms with Crippen molar-refractivity contribution in [2.45, 2.75) is 12.3 Å². The van der Waals surface area contributed by atoms with Crippen molar-refractivity contribution in [1.29, 1.82) is 0 Å². The Morgan fingerprint density at radius 2 is 1.33 bits per heavy atom. The molecule has 0 radical (unpaired) electrons. The first kappa shape index (κ1) is 12.3. The molecule has 18 heavy (non-hydrogen) atoms. The van der Waals surface area contributed by atoms with E-state index in [2.05, 4.69) is 30.3 Å². The van der Waals surface area contributed by atoms with Crippen LogP contribution in [0.25, 0.3) is 0 Å². The van der Waals surface area contributed by atoms with Crippen molar-refractivity contribution < 1.29 is 4.79 Å². The number of allylic oxidation sites excluding steroid dienone is 2. The first-order valence-electron chi connectivity index (χ1n) is 6.12. The van der Waals surface area contributed by atoms with Crippen LogP contribution < -0.4 is 0 Å². The van der Waals surface area contributed by atoms with Crippen molar-refractivity contribution in [2.24, 2.45) is 0 Å². The van der Waals surface area contributed by atoms with Gasteiger partial charge in [-0.15, -0.1) is 0 Å². The summed E-state index contributed by atoms with van der Waals surface area (Å²) in [7, 11) is 0. The minimum atomic E-state index is 0.215. The summed E-state index contributed by atoms with van der Waals surface area (Å²) in [6.07, 6.45) is 5.41. The minimum Gasteiger partial charge on any atom is -0.303 e. The molecule has 1 heteroatoms. The molecular weight excluding hydrogens is 220 g/mol. The van der Waals surface area contributed by atoms with Crippen molar-refractivity contribution in [2.75, 3.05) is 0 Å². The van der Waals surface area contributed by atoms with Gasteiger partial charge in [-0.2, -0.15) is 0 Å². The molecule has 0 amide bonds. The van der Waals surface area contributed by atoms with Crippen LogP contribution in [0.15, 0.2) is 72.8 Å². The van der Waals surface area contributed by atoms with E-state index in [1.165, 1.54) is 11.1 Å². The van der Waals surface area contributed by atoms with Crippen molar-refractivity contribution in [3.63, 3.8) is 0 Å². The Morgan fingerprint density at radius 3 is 1.78 bits per heavy atom. The zero-order chi connectivity index (χ0) is 12.6. The van der Waals surface area contributed by atoms with Gasteiger partial charge in [-0.3, -0.25) is 0 Å². The topological polar surface area (TPSA) is 17.1 Å². The second-order valence-electron chi connectivity index (χ2n) is 4.13. The molecule has 0 saturated heterocycles. The van der Waals surface area contributed by atoms with Crippen LogP contribution in [-0.4, -0.2) is 6.29 Å². The van der Waals surface area contributed by atoms with E-state index >= 15 is 0 Å². The van der Waals surface area contributed by atoms with Gasteiger partial charge in [-0.05, 0) is 11.1 Å². The zero-order valence-corrected chi connectivity index (χ0v) is 10.2. The standard InChI is InChI=1S/C17H16O/c18-14-8-7-13-17(15-9-3-1-4-10-15)16-11-5-2-6-12-16/h1-7,9-14,17H,8H2/b13-7+. The Bertz CT molecular complexity index is 460. The summed E-state index contributed by atoms with van der Waals surface area (Å²) in [4.78, 5) is 10.4. The normalized spacial score (nSPS) is 10.9. The highest BCUT2D eigenvalue weighted by Crippen LogP contribution is 2.25. The Kier molecular flexibility index (Phi) is 4.48. The molecule has 2 rings (SSSR count). The van der Waals surface area contributed by atoms with E-state index in [0.29, 0.717) is 6.42 Å². The van der Waals surface area contributed by atoms with Crippen molar-refractivity contribution in [3.8, 4) is 0 Å². The van der Waals surface area contributed by atoms with Crippen LogP contribution in [0.2, 0.25) is 0 Å². The lowest BCUT2D eigenvalue weighted by molar-refractivity contribution is -0.107. The summed E-state index contributed by atoms with van der Waals surface area (Å²) < 4.78 is 0. The van der Waals surface area contributed by atoms with Crippen LogP contribution >= 0.6 is 0 Å². The van der Waals surface area contributed by atoms with E-state index in [1.54, 1.807) is 0 Å². The molecule has 0 aromatic heterocycles. The van der Waals surface area contributed by atoms with Crippen molar-refractivity contribution >= 4 is 6.29 Å². The first-order chi connectivity index (χ1) is 8.92. The van der Waals surface area contributed by atoms with Crippen molar-refractivity contribution in [1.82, 2.24) is 0 Å². The molecule has 2 aromatic rings. The molecule has 2 aromatic carbocycles. The van der Waals surface area contributed by atoms with E-state index in [-0.39, 0.29) is 5.92 Å². The number of carbonyl (C=O) groups is 1. The summed E-state index contributed by atoms with van der Waals surface area (Å²) in [6.45, 7) is 0. The number of carbonyl (C=O) groups excluding carboxylic acids is 1. The van der Waals surface area contributed by atoms with E-state index < -0.39 is 0 Å². The minimum absolute atomic E-state index is 0.215. The maximum absolute atomic E-state index is 10.4. The highest BCUT2D eigenvalue weighted by Gasteiger charge is 2.09. The molecule has 0 fully saturated rings. The van der Waals surface area contributed by atoms with Gasteiger partial charge in [0.05, 0.1) is 0 Å². The SMILES string of the molecule is O=CC/C=C/C(c1ccccc1)c1ccccc1. The van der Waals surface area contributed by atoms with E-state index in [4.69, 9.17) is 0 Å². The monoisotopic (exact) mass is 236 g/mol. The molecule has 0 saturated carbocycles. The fourth-order valence-corrected chi connectivity index (χ4v) is 2.01. The van der Waals surface area contributed by atoms with Crippen LogP contribution in [0.1, 0.15) is 23.5 Å². The highest BCUT2D eigenvalue weighted by atomic mass is 16.1. The molecule has 0 aliphatic heterocycles. The number of benzene rings is 2. The molecule has 0 aliphatic rings. The van der Waals surface area contributed by atoms with Crippen LogP contribution in [-0.2, 0) is 4.79 Å². The van der Waals surface area contributed by atoms with Gasteiger partial charge >= 0.3 is 0 Å². The molecule has 1 nitrogen and oxygen atoms in total. The van der Waals surface area contributed by atoms with Gasteiger partial charge in [0.15, 0.2) is 0 Å². The number of hydrogen-bond donors (Lipinski definition) is 0. The van der Waals surface area contributed by atoms with Crippen LogP contribution in [0.5, 0.6) is 0 Å². The summed E-state index contributed by atoms with van der Waals surface area (Å²) in [5.41, 5.74) is 2.48. The Morgan fingerprint density at radius 1 is 0.833 bits per heavy atom. The van der Waals surface area contributed by atoms with Gasteiger partial charge in [-0.1, -0.05) is 72.8 Å². The van der Waals surface area contributed by atoms with Crippen LogP contribution in [0.3, 0.4) is 0 Å². The third-order valence-corrected chi connectivity index (χ3v) is 2.88. The first-order valence-corrected chi connectivity index (χ1v) is 6.12. The summed E-state index contributed by atoms with van der Waals surface area (Å²) in [5.74, 6) is 0.215. The summed E-state index contributed by atoms with van der Waals surface area (Å²) in [6, 6.07) is 20.6. The average molecular weight is 236 g/mol. The predicted octanol–water partition coefficient (Wildman–Crippen LogP) is 3.96. The van der Waals surface area contributed by atoms with Gasteiger partial charge in [0.2, 0.25) is 0 Å². The lowest BCUT2D eigenvalue weighted by atomic mass is 9.91. The maximum atomic E-state index is 10.4. The third kappa shape index (κ3) is 3.17. The molecular formula is C17H16O. The van der Waals surface area contributed by atoms with Crippen LogP contribution in [0.4, 0.5) is 0 Å². The van der Waals surface area contributed by atoms with E-state index in [9.17, 15) is 4.79 Å². The maximum Gasteiger partial charge on any atom is 0.123 e. The highest BCUT2D eigenvalue weighted by molar-refractivity contribution is 5.52. The molecule has 90 valence electrons. The van der Waals surface area contributed by atoms with E-state index in [0.717, 1.165) is 6.29 Å². The van der Waals surface area contributed by atoms with Gasteiger partial charge in [-0.25, -0.2) is 0 Å². The molecule has 0 unspecified atom stereocenters. The number of hydrogen-bond acceptors (Lipinski definition) is 1. The zero-order valence-electron chi connectivity index (χ0n) is 10.2. The summed E-state index contributed by atoms with van der Waals surface area (Å²) in [5, 5.41) is 0. The lowest BCUT2D eigenvalue weighted by Gasteiger charge is -2.13. The molecule has 0 spiro atoms. The van der Waals surface area contributed by atoms with Crippen LogP contribution in [0, 0.1) is 0 Å². The lowest BCUT2D eigenvalue weighted by Crippen LogP contribution is -1.97. The third-order valence-electron chi connectivity index (χ3n) is 2.88. The number of rotatable bonds is 5. The summed E-state index contributed by atoms with van der Waals surface area (Å²) >= 11 is 0. The quantitative estimate of drug-likeness (QED) is 0.567. The Labute approximate surface area is 108 Å². The van der Waals surface area contributed by atoms with Gasteiger partial charge in [0.25, 0.3) is 0 Å². The number of aldehydes is 1. The Hall–Kier alpha value is -2.15.